The molecular weight excluding hydrogens is 250 g/mol. The summed E-state index contributed by atoms with van der Waals surface area (Å²) in [6.45, 7) is 3.20. The van der Waals surface area contributed by atoms with Crippen LogP contribution in [0, 0.1) is 0 Å². The lowest BCUT2D eigenvalue weighted by molar-refractivity contribution is 0.413. The van der Waals surface area contributed by atoms with Gasteiger partial charge in [-0.3, -0.25) is 0 Å². The number of rotatable bonds is 7. The molecule has 4 nitrogen and oxygen atoms in total. The molecule has 0 fully saturated rings. The Morgan fingerprint density at radius 3 is 2.95 bits per heavy atom. The molecule has 0 aliphatic heterocycles. The molecule has 0 bridgehead atoms. The van der Waals surface area contributed by atoms with E-state index in [1.807, 2.05) is 25.4 Å². The van der Waals surface area contributed by atoms with Gasteiger partial charge in [0.1, 0.15) is 11.6 Å². The highest BCUT2D eigenvalue weighted by atomic mass is 16.5. The molecule has 1 N–H and O–H groups in total. The molecule has 2 aromatic rings. The zero-order valence-electron chi connectivity index (χ0n) is 12.5. The lowest BCUT2D eigenvalue weighted by Gasteiger charge is -2.18. The average molecular weight is 273 g/mol. The summed E-state index contributed by atoms with van der Waals surface area (Å²) < 4.78 is 7.53. The van der Waals surface area contributed by atoms with E-state index in [1.165, 1.54) is 5.56 Å². The van der Waals surface area contributed by atoms with Crippen molar-refractivity contribution in [2.75, 3.05) is 14.2 Å². The number of aromatic nitrogens is 2. The van der Waals surface area contributed by atoms with E-state index in [4.69, 9.17) is 4.74 Å². The predicted octanol–water partition coefficient (Wildman–Crippen LogP) is 2.80. The molecule has 1 heterocycles. The van der Waals surface area contributed by atoms with Crippen LogP contribution in [0.4, 0.5) is 0 Å². The van der Waals surface area contributed by atoms with Crippen molar-refractivity contribution in [3.63, 3.8) is 0 Å². The maximum absolute atomic E-state index is 5.30. The molecular formula is C16H23N3O. The number of methoxy groups -OCH3 is 1. The van der Waals surface area contributed by atoms with Gasteiger partial charge in [0.25, 0.3) is 0 Å². The first-order valence-corrected chi connectivity index (χ1v) is 7.09. The molecule has 4 heteroatoms. The first-order valence-electron chi connectivity index (χ1n) is 7.09. The van der Waals surface area contributed by atoms with Crippen LogP contribution in [0.15, 0.2) is 36.7 Å². The Labute approximate surface area is 120 Å². The average Bonchev–Trinajstić information content (AvgIpc) is 2.92. The number of hydrogen-bond donors (Lipinski definition) is 1. The smallest absolute Gasteiger partial charge is 0.119 e. The van der Waals surface area contributed by atoms with Gasteiger partial charge in [-0.05, 0) is 31.2 Å². The van der Waals surface area contributed by atoms with Crippen LogP contribution in [0.5, 0.6) is 5.75 Å². The van der Waals surface area contributed by atoms with Gasteiger partial charge in [0.05, 0.1) is 7.11 Å². The van der Waals surface area contributed by atoms with Crippen molar-refractivity contribution in [2.24, 2.45) is 0 Å². The van der Waals surface area contributed by atoms with E-state index in [1.54, 1.807) is 7.11 Å². The van der Waals surface area contributed by atoms with Gasteiger partial charge in [-0.25, -0.2) is 4.98 Å². The van der Waals surface area contributed by atoms with Gasteiger partial charge in [-0.15, -0.1) is 0 Å². The van der Waals surface area contributed by atoms with Crippen LogP contribution < -0.4 is 10.1 Å². The van der Waals surface area contributed by atoms with Gasteiger partial charge in [-0.2, -0.15) is 0 Å². The van der Waals surface area contributed by atoms with Gasteiger partial charge >= 0.3 is 0 Å². The third kappa shape index (κ3) is 3.39. The second-order valence-electron chi connectivity index (χ2n) is 4.86. The van der Waals surface area contributed by atoms with Crippen LogP contribution in [-0.4, -0.2) is 23.7 Å². The van der Waals surface area contributed by atoms with Gasteiger partial charge in [0.2, 0.25) is 0 Å². The second kappa shape index (κ2) is 7.10. The molecule has 108 valence electrons. The van der Waals surface area contributed by atoms with E-state index >= 15 is 0 Å². The van der Waals surface area contributed by atoms with E-state index in [2.05, 4.69) is 40.1 Å². The predicted molar refractivity (Wildman–Crippen MR) is 81.0 cm³/mol. The number of ether oxygens (including phenoxy) is 1. The number of nitrogens with one attached hydrogen (secondary N) is 1. The number of aryl methyl sites for hydroxylation is 1. The molecule has 0 saturated heterocycles. The van der Waals surface area contributed by atoms with Crippen molar-refractivity contribution in [1.29, 1.82) is 0 Å². The number of hydrogen-bond acceptors (Lipinski definition) is 3. The largest absolute Gasteiger partial charge is 0.497 e. The first-order chi connectivity index (χ1) is 9.78. The van der Waals surface area contributed by atoms with E-state index in [0.717, 1.165) is 31.0 Å². The summed E-state index contributed by atoms with van der Waals surface area (Å²) in [7, 11) is 3.68. The Morgan fingerprint density at radius 2 is 2.25 bits per heavy atom. The summed E-state index contributed by atoms with van der Waals surface area (Å²) in [4.78, 5) is 4.48. The highest BCUT2D eigenvalue weighted by molar-refractivity contribution is 5.31. The van der Waals surface area contributed by atoms with E-state index < -0.39 is 0 Å². The Balaban J connectivity index is 2.17. The van der Waals surface area contributed by atoms with E-state index in [-0.39, 0.29) is 6.04 Å². The molecule has 0 saturated carbocycles. The normalized spacial score (nSPS) is 12.3. The zero-order valence-corrected chi connectivity index (χ0v) is 12.5. The summed E-state index contributed by atoms with van der Waals surface area (Å²) in [5.74, 6) is 2.01. The van der Waals surface area contributed by atoms with Gasteiger partial charge in [0, 0.05) is 31.4 Å². The van der Waals surface area contributed by atoms with Crippen molar-refractivity contribution < 1.29 is 4.74 Å². The SMILES string of the molecule is CCCn1ccnc1CC(NC)c1cccc(OC)c1. The summed E-state index contributed by atoms with van der Waals surface area (Å²) >= 11 is 0. The van der Waals surface area contributed by atoms with Gasteiger partial charge < -0.3 is 14.6 Å². The molecule has 2 rings (SSSR count). The summed E-state index contributed by atoms with van der Waals surface area (Å²) in [5.41, 5.74) is 1.22. The van der Waals surface area contributed by atoms with Gasteiger partial charge in [-0.1, -0.05) is 19.1 Å². The van der Waals surface area contributed by atoms with Gasteiger partial charge in [0.15, 0.2) is 0 Å². The summed E-state index contributed by atoms with van der Waals surface area (Å²) in [6, 6.07) is 8.43. The van der Waals surface area contributed by atoms with Crippen LogP contribution in [0.25, 0.3) is 0 Å². The molecule has 1 aromatic heterocycles. The highest BCUT2D eigenvalue weighted by Crippen LogP contribution is 2.21. The Kier molecular flexibility index (Phi) is 5.18. The fraction of sp³-hybridized carbons (Fsp3) is 0.438. The Bertz CT molecular complexity index is 536. The third-order valence-corrected chi connectivity index (χ3v) is 3.50. The molecule has 0 spiro atoms. The topological polar surface area (TPSA) is 39.1 Å². The maximum atomic E-state index is 5.30. The van der Waals surface area contributed by atoms with Crippen LogP contribution in [0.1, 0.15) is 30.8 Å². The number of imidazole rings is 1. The molecule has 0 radical (unpaired) electrons. The molecule has 0 aliphatic rings. The van der Waals surface area contributed by atoms with Crippen LogP contribution in [0.3, 0.4) is 0 Å². The zero-order chi connectivity index (χ0) is 14.4. The fourth-order valence-electron chi connectivity index (χ4n) is 2.40. The lowest BCUT2D eigenvalue weighted by Crippen LogP contribution is -2.21. The fourth-order valence-corrected chi connectivity index (χ4v) is 2.40. The van der Waals surface area contributed by atoms with Crippen molar-refractivity contribution in [1.82, 2.24) is 14.9 Å². The minimum Gasteiger partial charge on any atom is -0.497 e. The molecule has 1 aromatic carbocycles. The summed E-state index contributed by atoms with van der Waals surface area (Å²) in [5, 5.41) is 3.37. The van der Waals surface area contributed by atoms with Crippen LogP contribution in [0.2, 0.25) is 0 Å². The van der Waals surface area contributed by atoms with Crippen molar-refractivity contribution >= 4 is 0 Å². The van der Waals surface area contributed by atoms with Crippen molar-refractivity contribution in [3.8, 4) is 5.75 Å². The Morgan fingerprint density at radius 1 is 1.40 bits per heavy atom. The molecule has 20 heavy (non-hydrogen) atoms. The third-order valence-electron chi connectivity index (χ3n) is 3.50. The van der Waals surface area contributed by atoms with E-state index in [9.17, 15) is 0 Å². The number of nitrogens with zero attached hydrogens (tertiary/aromatic N) is 2. The maximum Gasteiger partial charge on any atom is 0.119 e. The minimum absolute atomic E-state index is 0.239. The lowest BCUT2D eigenvalue weighted by atomic mass is 10.0. The molecule has 0 aliphatic carbocycles. The molecule has 1 atom stereocenters. The summed E-state index contributed by atoms with van der Waals surface area (Å²) in [6.07, 6.45) is 5.92. The van der Waals surface area contributed by atoms with Crippen molar-refractivity contribution in [2.45, 2.75) is 32.4 Å². The van der Waals surface area contributed by atoms with Crippen LogP contribution in [-0.2, 0) is 13.0 Å². The highest BCUT2D eigenvalue weighted by Gasteiger charge is 2.14. The van der Waals surface area contributed by atoms with Crippen LogP contribution >= 0.6 is 0 Å². The number of likely N-dealkylation sites (N-methyl/N-ethyl adjacent to an activating group) is 1. The van der Waals surface area contributed by atoms with E-state index in [0.29, 0.717) is 0 Å². The quantitative estimate of drug-likeness (QED) is 0.843. The number of benzene rings is 1. The minimum atomic E-state index is 0.239. The second-order valence-corrected chi connectivity index (χ2v) is 4.86. The molecule has 0 amide bonds. The Hall–Kier alpha value is -1.81. The van der Waals surface area contributed by atoms with Crippen molar-refractivity contribution in [3.05, 3.63) is 48.0 Å². The molecule has 1 unspecified atom stereocenters. The monoisotopic (exact) mass is 273 g/mol. The standard InChI is InChI=1S/C16H23N3O/c1-4-9-19-10-8-18-16(19)12-15(17-2)13-6-5-7-14(11-13)20-3/h5-8,10-11,15,17H,4,9,12H2,1-3H3. The first kappa shape index (κ1) is 14.6.